The number of thioether (sulfide) groups is 1. The van der Waals surface area contributed by atoms with Gasteiger partial charge in [-0.2, -0.15) is 0 Å². The third-order valence-corrected chi connectivity index (χ3v) is 4.40. The first-order valence-corrected chi connectivity index (χ1v) is 9.11. The quantitative estimate of drug-likeness (QED) is 0.370. The molecule has 0 atom stereocenters. The molecule has 3 rings (SSSR count). The fourth-order valence-electron chi connectivity index (χ4n) is 2.29. The number of hydrogen-bond acceptors (Lipinski definition) is 6. The minimum atomic E-state index is -0.387. The standard InChI is InChI=1S/C18H19FN4O2S/c1-2-24-13-7-9-14(10-8-13)25-11-12-26-18-22-21-17(23(18)20)15-5-3-4-6-16(15)19/h3-10H,2,11-12,20H2,1H3. The molecule has 0 saturated heterocycles. The van der Waals surface area contributed by atoms with Gasteiger partial charge in [-0.3, -0.25) is 0 Å². The highest BCUT2D eigenvalue weighted by atomic mass is 32.2. The number of nitrogens with zero attached hydrogens (tertiary/aromatic N) is 3. The Morgan fingerprint density at radius 2 is 1.73 bits per heavy atom. The van der Waals surface area contributed by atoms with Crippen molar-refractivity contribution in [2.75, 3.05) is 24.8 Å². The van der Waals surface area contributed by atoms with Gasteiger partial charge in [-0.1, -0.05) is 23.9 Å². The second-order valence-electron chi connectivity index (χ2n) is 5.26. The van der Waals surface area contributed by atoms with E-state index in [4.69, 9.17) is 15.3 Å². The highest BCUT2D eigenvalue weighted by molar-refractivity contribution is 7.99. The summed E-state index contributed by atoms with van der Waals surface area (Å²) in [5.41, 5.74) is 0.319. The molecule has 3 aromatic rings. The molecule has 0 aliphatic rings. The van der Waals surface area contributed by atoms with E-state index < -0.39 is 0 Å². The van der Waals surface area contributed by atoms with E-state index in [9.17, 15) is 4.39 Å². The lowest BCUT2D eigenvalue weighted by molar-refractivity contribution is 0.332. The van der Waals surface area contributed by atoms with Gasteiger partial charge in [0, 0.05) is 5.75 Å². The van der Waals surface area contributed by atoms with Crippen molar-refractivity contribution in [3.05, 3.63) is 54.3 Å². The Hall–Kier alpha value is -2.74. The van der Waals surface area contributed by atoms with Crippen molar-refractivity contribution >= 4 is 11.8 Å². The molecule has 0 spiro atoms. The summed E-state index contributed by atoms with van der Waals surface area (Å²) in [5.74, 6) is 8.09. The average Bonchev–Trinajstić information content (AvgIpc) is 3.01. The van der Waals surface area contributed by atoms with E-state index in [1.165, 1.54) is 22.5 Å². The van der Waals surface area contributed by atoms with Crippen LogP contribution in [0.15, 0.2) is 53.7 Å². The summed E-state index contributed by atoms with van der Waals surface area (Å²) in [6, 6.07) is 13.8. The molecule has 1 aromatic heterocycles. The first-order valence-electron chi connectivity index (χ1n) is 8.13. The Morgan fingerprint density at radius 1 is 1.04 bits per heavy atom. The first-order chi connectivity index (χ1) is 12.7. The van der Waals surface area contributed by atoms with E-state index in [0.717, 1.165) is 11.5 Å². The van der Waals surface area contributed by atoms with Gasteiger partial charge in [0.05, 0.1) is 18.8 Å². The highest BCUT2D eigenvalue weighted by Crippen LogP contribution is 2.24. The Morgan fingerprint density at radius 3 is 2.42 bits per heavy atom. The molecular formula is C18H19FN4O2S. The summed E-state index contributed by atoms with van der Waals surface area (Å²) in [7, 11) is 0. The molecule has 2 N–H and O–H groups in total. The molecule has 2 aromatic carbocycles. The molecule has 0 unspecified atom stereocenters. The van der Waals surface area contributed by atoms with E-state index in [1.807, 2.05) is 31.2 Å². The summed E-state index contributed by atoms with van der Waals surface area (Å²) < 4.78 is 26.2. The molecule has 0 amide bonds. The number of hydrogen-bond donors (Lipinski definition) is 1. The van der Waals surface area contributed by atoms with Crippen molar-refractivity contribution in [1.82, 2.24) is 14.9 Å². The molecule has 6 nitrogen and oxygen atoms in total. The lowest BCUT2D eigenvalue weighted by Crippen LogP contribution is -2.12. The SMILES string of the molecule is CCOc1ccc(OCCSc2nnc(-c3ccccc3F)n2N)cc1. The van der Waals surface area contributed by atoms with E-state index in [0.29, 0.717) is 29.7 Å². The molecule has 0 aliphatic carbocycles. The minimum Gasteiger partial charge on any atom is -0.494 e. The van der Waals surface area contributed by atoms with Crippen LogP contribution in [0.4, 0.5) is 4.39 Å². The molecule has 0 fully saturated rings. The van der Waals surface area contributed by atoms with Crippen LogP contribution in [0.2, 0.25) is 0 Å². The predicted octanol–water partition coefficient (Wildman–Crippen LogP) is 3.37. The zero-order valence-corrected chi connectivity index (χ0v) is 15.1. The third-order valence-electron chi connectivity index (χ3n) is 3.50. The van der Waals surface area contributed by atoms with Crippen LogP contribution in [0, 0.1) is 5.82 Å². The molecular weight excluding hydrogens is 355 g/mol. The van der Waals surface area contributed by atoms with Gasteiger partial charge in [0.1, 0.15) is 17.3 Å². The molecule has 0 saturated carbocycles. The normalized spacial score (nSPS) is 10.7. The summed E-state index contributed by atoms with van der Waals surface area (Å²) in [5, 5.41) is 8.50. The van der Waals surface area contributed by atoms with Crippen LogP contribution >= 0.6 is 11.8 Å². The third kappa shape index (κ3) is 4.26. The lowest BCUT2D eigenvalue weighted by atomic mass is 10.2. The maximum Gasteiger partial charge on any atom is 0.210 e. The second kappa shape index (κ2) is 8.57. The lowest BCUT2D eigenvalue weighted by Gasteiger charge is -2.08. The van der Waals surface area contributed by atoms with Gasteiger partial charge in [0.25, 0.3) is 0 Å². The molecule has 8 heteroatoms. The number of rotatable bonds is 8. The number of nitrogens with two attached hydrogens (primary N) is 1. The van der Waals surface area contributed by atoms with Gasteiger partial charge >= 0.3 is 0 Å². The zero-order valence-electron chi connectivity index (χ0n) is 14.3. The maximum atomic E-state index is 13.9. The van der Waals surface area contributed by atoms with Crippen LogP contribution in [0.3, 0.4) is 0 Å². The molecule has 26 heavy (non-hydrogen) atoms. The van der Waals surface area contributed by atoms with Crippen molar-refractivity contribution < 1.29 is 13.9 Å². The van der Waals surface area contributed by atoms with E-state index in [1.54, 1.807) is 18.2 Å². The number of aromatic nitrogens is 3. The fourth-order valence-corrected chi connectivity index (χ4v) is 2.97. The number of ether oxygens (including phenoxy) is 2. The summed E-state index contributed by atoms with van der Waals surface area (Å²) in [4.78, 5) is 0. The Bertz CT molecular complexity index is 855. The smallest absolute Gasteiger partial charge is 0.210 e. The van der Waals surface area contributed by atoms with E-state index in [-0.39, 0.29) is 11.6 Å². The Balaban J connectivity index is 1.53. The fraction of sp³-hybridized carbons (Fsp3) is 0.222. The van der Waals surface area contributed by atoms with E-state index in [2.05, 4.69) is 10.2 Å². The number of halogens is 1. The Labute approximate surface area is 155 Å². The number of benzene rings is 2. The minimum absolute atomic E-state index is 0.290. The molecule has 1 heterocycles. The summed E-state index contributed by atoms with van der Waals surface area (Å²) in [6.45, 7) is 3.04. The van der Waals surface area contributed by atoms with Crippen molar-refractivity contribution in [3.8, 4) is 22.9 Å². The van der Waals surface area contributed by atoms with Crippen LogP contribution in [-0.4, -0.2) is 33.8 Å². The summed E-state index contributed by atoms with van der Waals surface area (Å²) >= 11 is 1.39. The summed E-state index contributed by atoms with van der Waals surface area (Å²) in [6.07, 6.45) is 0. The van der Waals surface area contributed by atoms with Crippen LogP contribution in [0.5, 0.6) is 11.5 Å². The van der Waals surface area contributed by atoms with Crippen molar-refractivity contribution in [2.24, 2.45) is 0 Å². The molecule has 0 bridgehead atoms. The largest absolute Gasteiger partial charge is 0.494 e. The van der Waals surface area contributed by atoms with Crippen LogP contribution < -0.4 is 15.3 Å². The van der Waals surface area contributed by atoms with Crippen molar-refractivity contribution in [3.63, 3.8) is 0 Å². The highest BCUT2D eigenvalue weighted by Gasteiger charge is 2.15. The van der Waals surface area contributed by atoms with Crippen molar-refractivity contribution in [2.45, 2.75) is 12.1 Å². The van der Waals surface area contributed by atoms with Gasteiger partial charge < -0.3 is 15.3 Å². The second-order valence-corrected chi connectivity index (χ2v) is 6.32. The van der Waals surface area contributed by atoms with Crippen molar-refractivity contribution in [1.29, 1.82) is 0 Å². The van der Waals surface area contributed by atoms with Crippen LogP contribution in [-0.2, 0) is 0 Å². The van der Waals surface area contributed by atoms with Gasteiger partial charge in [-0.15, -0.1) is 10.2 Å². The predicted molar refractivity (Wildman–Crippen MR) is 99.4 cm³/mol. The van der Waals surface area contributed by atoms with Gasteiger partial charge in [-0.05, 0) is 43.3 Å². The van der Waals surface area contributed by atoms with Gasteiger partial charge in [0.15, 0.2) is 5.82 Å². The van der Waals surface area contributed by atoms with E-state index >= 15 is 0 Å². The van der Waals surface area contributed by atoms with Crippen LogP contribution in [0.25, 0.3) is 11.4 Å². The number of nitrogen functional groups attached to an aromatic ring is 1. The maximum absolute atomic E-state index is 13.9. The molecule has 136 valence electrons. The zero-order chi connectivity index (χ0) is 18.4. The molecule has 0 radical (unpaired) electrons. The molecule has 0 aliphatic heterocycles. The first kappa shape index (κ1) is 18.1. The topological polar surface area (TPSA) is 75.2 Å². The van der Waals surface area contributed by atoms with Gasteiger partial charge in [0.2, 0.25) is 5.16 Å². The van der Waals surface area contributed by atoms with Crippen LogP contribution in [0.1, 0.15) is 6.92 Å². The Kier molecular flexibility index (Phi) is 5.96. The monoisotopic (exact) mass is 374 g/mol. The average molecular weight is 374 g/mol. The van der Waals surface area contributed by atoms with Gasteiger partial charge in [-0.25, -0.2) is 9.07 Å².